The number of carbonyl (C=O) groups is 1. The van der Waals surface area contributed by atoms with E-state index >= 15 is 0 Å². The molecule has 6 rings (SSSR count). The fourth-order valence-corrected chi connectivity index (χ4v) is 9.28. The Morgan fingerprint density at radius 3 is 2.64 bits per heavy atom. The fourth-order valence-electron chi connectivity index (χ4n) is 7.58. The number of amides is 1. The summed E-state index contributed by atoms with van der Waals surface area (Å²) in [5.74, 6) is 0.692. The molecule has 2 fully saturated rings. The normalized spacial score (nSPS) is 20.8. The zero-order chi connectivity index (χ0) is 35.6. The predicted octanol–water partition coefficient (Wildman–Crippen LogP) is 5.56. The van der Waals surface area contributed by atoms with Crippen LogP contribution in [0.1, 0.15) is 51.3 Å². The number of β-amino-alcohol motifs (C(OH)–C–C–N with tert-alkyl or cyclic N) is 1. The van der Waals surface area contributed by atoms with Gasteiger partial charge >= 0.3 is 6.01 Å². The molecule has 266 valence electrons. The largest absolute Gasteiger partial charge is 0.462 e. The van der Waals surface area contributed by atoms with Gasteiger partial charge in [0.15, 0.2) is 0 Å². The number of rotatable bonds is 10. The minimum absolute atomic E-state index is 0.0993. The van der Waals surface area contributed by atoms with Gasteiger partial charge in [-0.15, -0.1) is 0 Å². The summed E-state index contributed by atoms with van der Waals surface area (Å²) in [6.45, 7) is 20.1. The summed E-state index contributed by atoms with van der Waals surface area (Å²) in [6.07, 6.45) is 4.41. The molecule has 50 heavy (non-hydrogen) atoms. The second kappa shape index (κ2) is 14.7. The Morgan fingerprint density at radius 1 is 1.10 bits per heavy atom. The molecular weight excluding hydrogens is 643 g/mol. The van der Waals surface area contributed by atoms with Gasteiger partial charge < -0.3 is 24.5 Å². The molecule has 1 unspecified atom stereocenters. The zero-order valence-electron chi connectivity index (χ0n) is 30.4. The maximum absolute atomic E-state index is 12.7. The summed E-state index contributed by atoms with van der Waals surface area (Å²) in [6, 6.07) is 17.5. The van der Waals surface area contributed by atoms with Crippen LogP contribution in [-0.4, -0.2) is 103 Å². The maximum Gasteiger partial charge on any atom is 0.318 e. The van der Waals surface area contributed by atoms with E-state index in [1.807, 2.05) is 0 Å². The van der Waals surface area contributed by atoms with E-state index in [1.54, 1.807) is 4.90 Å². The number of benzene rings is 2. The van der Waals surface area contributed by atoms with Crippen molar-refractivity contribution in [2.24, 2.45) is 0 Å². The van der Waals surface area contributed by atoms with Gasteiger partial charge in [-0.05, 0) is 48.4 Å². The summed E-state index contributed by atoms with van der Waals surface area (Å²) in [5, 5.41) is 23.5. The van der Waals surface area contributed by atoms with E-state index in [1.165, 1.54) is 22.5 Å². The first-order chi connectivity index (χ1) is 23.9. The van der Waals surface area contributed by atoms with Crippen molar-refractivity contribution >= 4 is 36.3 Å². The molecule has 3 aromatic rings. The first-order valence-corrected chi connectivity index (χ1v) is 21.2. The average molecular weight is 696 g/mol. The number of likely N-dealkylation sites (tertiary alicyclic amines) is 1. The number of carbonyl (C=O) groups excluding carboxylic acids is 1. The lowest BCUT2D eigenvalue weighted by atomic mass is 10.0. The SMILES string of the molecule is C=CC(=O)N1CCN(c2nc(OC[C@@H]3CCCN3CC(O)[Si](C)(C)C(C)(C)C)nc3c2CCN(c2cccc4ccccc24)C3)C[C@@H]1CC#N. The van der Waals surface area contributed by atoms with Gasteiger partial charge in [-0.2, -0.15) is 15.2 Å². The first-order valence-electron chi connectivity index (χ1n) is 18.1. The van der Waals surface area contributed by atoms with E-state index in [2.05, 4.69) is 104 Å². The number of ether oxygens (including phenoxy) is 1. The van der Waals surface area contributed by atoms with Crippen LogP contribution in [-0.2, 0) is 17.8 Å². The van der Waals surface area contributed by atoms with Crippen molar-refractivity contribution in [1.29, 1.82) is 5.26 Å². The lowest BCUT2D eigenvalue weighted by Gasteiger charge is -2.42. The molecule has 11 heteroatoms. The van der Waals surface area contributed by atoms with Crippen LogP contribution in [0.5, 0.6) is 6.01 Å². The number of aromatic nitrogens is 2. The van der Waals surface area contributed by atoms with E-state index in [-0.39, 0.29) is 35.2 Å². The number of fused-ring (bicyclic) bond motifs is 2. The van der Waals surface area contributed by atoms with Gasteiger partial charge in [0, 0.05) is 55.4 Å². The summed E-state index contributed by atoms with van der Waals surface area (Å²) >= 11 is 0. The molecule has 0 aliphatic carbocycles. The molecule has 3 atom stereocenters. The average Bonchev–Trinajstić information content (AvgIpc) is 3.55. The number of anilines is 2. The Labute approximate surface area is 298 Å². The maximum atomic E-state index is 12.7. The fraction of sp³-hybridized carbons (Fsp3) is 0.538. The van der Waals surface area contributed by atoms with Gasteiger partial charge in [0.1, 0.15) is 12.4 Å². The molecule has 0 spiro atoms. The van der Waals surface area contributed by atoms with Crippen molar-refractivity contribution in [3.63, 3.8) is 0 Å². The molecule has 0 bridgehead atoms. The summed E-state index contributed by atoms with van der Waals surface area (Å²) in [7, 11) is -1.93. The topological polar surface area (TPSA) is 109 Å². The molecule has 1 N–H and O–H groups in total. The second-order valence-electron chi connectivity index (χ2n) is 15.7. The summed E-state index contributed by atoms with van der Waals surface area (Å²) in [4.78, 5) is 31.6. The number of piperazine rings is 1. The highest BCUT2D eigenvalue weighted by atomic mass is 28.3. The molecule has 2 saturated heterocycles. The molecule has 4 heterocycles. The van der Waals surface area contributed by atoms with Crippen molar-refractivity contribution in [2.45, 2.75) is 88.9 Å². The Kier molecular flexibility index (Phi) is 10.5. The molecule has 3 aliphatic heterocycles. The number of hydrogen-bond donors (Lipinski definition) is 1. The third-order valence-corrected chi connectivity index (χ3v) is 17.5. The van der Waals surface area contributed by atoms with Gasteiger partial charge in [-0.1, -0.05) is 76.8 Å². The smallest absolute Gasteiger partial charge is 0.318 e. The number of aliphatic hydroxyl groups is 1. The Morgan fingerprint density at radius 2 is 1.88 bits per heavy atom. The van der Waals surface area contributed by atoms with Crippen molar-refractivity contribution in [2.75, 3.05) is 55.7 Å². The van der Waals surface area contributed by atoms with Crippen molar-refractivity contribution in [3.05, 3.63) is 66.4 Å². The number of nitrogens with zero attached hydrogens (tertiary/aromatic N) is 7. The van der Waals surface area contributed by atoms with E-state index in [0.29, 0.717) is 45.3 Å². The molecule has 0 saturated carbocycles. The first kappa shape index (κ1) is 35.8. The van der Waals surface area contributed by atoms with Crippen molar-refractivity contribution in [3.8, 4) is 12.1 Å². The molecule has 10 nitrogen and oxygen atoms in total. The molecular formula is C39H53N7O3Si. The Hall–Kier alpha value is -3.98. The highest BCUT2D eigenvalue weighted by molar-refractivity contribution is 6.81. The Balaban J connectivity index is 1.28. The quantitative estimate of drug-likeness (QED) is 0.215. The van der Waals surface area contributed by atoms with Crippen LogP contribution in [0.4, 0.5) is 11.5 Å². The second-order valence-corrected chi connectivity index (χ2v) is 21.3. The van der Waals surface area contributed by atoms with Crippen molar-refractivity contribution in [1.82, 2.24) is 19.8 Å². The predicted molar refractivity (Wildman–Crippen MR) is 202 cm³/mol. The Bertz CT molecular complexity index is 1750. The minimum atomic E-state index is -1.93. The minimum Gasteiger partial charge on any atom is -0.462 e. The van der Waals surface area contributed by atoms with Crippen LogP contribution < -0.4 is 14.5 Å². The van der Waals surface area contributed by atoms with Crippen LogP contribution in [0.25, 0.3) is 10.8 Å². The van der Waals surface area contributed by atoms with Gasteiger partial charge in [0.25, 0.3) is 0 Å². The molecule has 2 aromatic carbocycles. The molecule has 0 radical (unpaired) electrons. The van der Waals surface area contributed by atoms with E-state index < -0.39 is 8.07 Å². The lowest BCUT2D eigenvalue weighted by molar-refractivity contribution is -0.128. The van der Waals surface area contributed by atoms with Gasteiger partial charge in [0.05, 0.1) is 44.6 Å². The molecule has 3 aliphatic rings. The van der Waals surface area contributed by atoms with E-state index in [9.17, 15) is 15.2 Å². The molecule has 1 amide bonds. The lowest BCUT2D eigenvalue weighted by Crippen LogP contribution is -2.55. The summed E-state index contributed by atoms with van der Waals surface area (Å²) < 4.78 is 6.50. The number of aliphatic hydroxyl groups excluding tert-OH is 1. The summed E-state index contributed by atoms with van der Waals surface area (Å²) in [5.41, 5.74) is 2.90. The number of hydrogen-bond acceptors (Lipinski definition) is 9. The third kappa shape index (κ3) is 7.25. The number of nitriles is 1. The van der Waals surface area contributed by atoms with Crippen LogP contribution >= 0.6 is 0 Å². The van der Waals surface area contributed by atoms with Crippen LogP contribution in [0.3, 0.4) is 0 Å². The van der Waals surface area contributed by atoms with Gasteiger partial charge in [-0.3, -0.25) is 9.69 Å². The van der Waals surface area contributed by atoms with E-state index in [0.717, 1.165) is 49.4 Å². The zero-order valence-corrected chi connectivity index (χ0v) is 31.4. The van der Waals surface area contributed by atoms with Crippen LogP contribution in [0.15, 0.2) is 55.1 Å². The van der Waals surface area contributed by atoms with Crippen LogP contribution in [0, 0.1) is 11.3 Å². The van der Waals surface area contributed by atoms with Crippen LogP contribution in [0.2, 0.25) is 18.1 Å². The van der Waals surface area contributed by atoms with Gasteiger partial charge in [-0.25, -0.2) is 0 Å². The monoisotopic (exact) mass is 695 g/mol. The molecule has 1 aromatic heterocycles. The van der Waals surface area contributed by atoms with Crippen molar-refractivity contribution < 1.29 is 14.6 Å². The van der Waals surface area contributed by atoms with Gasteiger partial charge in [0.2, 0.25) is 5.91 Å². The standard InChI is InChI=1S/C39H53N7O3Si/c1-7-35(47)46-23-22-45(24-29(46)17-19-40)37-32-18-21-44(34-16-10-13-28-12-8-9-15-31(28)34)25-33(32)41-38(42-37)49-27-30-14-11-20-43(30)26-36(48)50(5,6)39(2,3)4/h7-10,12-13,15-16,29-30,36,48H,1,11,14,17-18,20-27H2,2-6H3/t29-,30-,36?/m0/s1. The van der Waals surface area contributed by atoms with E-state index in [4.69, 9.17) is 14.7 Å². The highest BCUT2D eigenvalue weighted by Crippen LogP contribution is 2.39. The highest BCUT2D eigenvalue weighted by Gasteiger charge is 2.43. The third-order valence-electron chi connectivity index (χ3n) is 11.8.